The molecule has 8 nitrogen and oxygen atoms in total. The van der Waals surface area contributed by atoms with Gasteiger partial charge in [0.25, 0.3) is 0 Å². The number of aromatic nitrogens is 3. The third-order valence-corrected chi connectivity index (χ3v) is 3.54. The number of rotatable bonds is 7. The maximum atomic E-state index is 11.0. The highest BCUT2D eigenvalue weighted by Gasteiger charge is 2.10. The molecule has 0 saturated carbocycles. The number of carbonyl (C=O) groups excluding carboxylic acids is 1. The number of ether oxygens (including phenoxy) is 2. The van der Waals surface area contributed by atoms with Crippen molar-refractivity contribution in [3.8, 4) is 0 Å². The van der Waals surface area contributed by atoms with Crippen molar-refractivity contribution < 1.29 is 14.3 Å². The minimum atomic E-state index is -0.688. The Kier molecular flexibility index (Phi) is 6.30. The van der Waals surface area contributed by atoms with E-state index in [4.69, 9.17) is 10.5 Å². The zero-order chi connectivity index (χ0) is 17.4. The summed E-state index contributed by atoms with van der Waals surface area (Å²) in [6.07, 6.45) is 7.16. The van der Waals surface area contributed by atoms with Crippen molar-refractivity contribution in [2.45, 2.75) is 25.8 Å². The third-order valence-electron chi connectivity index (χ3n) is 3.54. The predicted molar refractivity (Wildman–Crippen MR) is 91.6 cm³/mol. The Morgan fingerprint density at radius 1 is 1.50 bits per heavy atom. The quantitative estimate of drug-likeness (QED) is 0.594. The van der Waals surface area contributed by atoms with Gasteiger partial charge in [-0.3, -0.25) is 4.99 Å². The molecule has 2 rings (SSSR count). The summed E-state index contributed by atoms with van der Waals surface area (Å²) in [7, 11) is 1.28. The van der Waals surface area contributed by atoms with E-state index in [-0.39, 0.29) is 12.6 Å². The van der Waals surface area contributed by atoms with Gasteiger partial charge < -0.3 is 20.2 Å². The van der Waals surface area contributed by atoms with E-state index in [0.29, 0.717) is 17.7 Å². The number of nitrogens with zero attached hydrogens (tertiary/aromatic N) is 3. The maximum Gasteiger partial charge on any atom is 0.507 e. The van der Waals surface area contributed by atoms with E-state index in [1.54, 1.807) is 12.4 Å². The molecular formula is C16H21N5O3. The third kappa shape index (κ3) is 4.31. The number of aliphatic imine (C=N–C) groups is 1. The summed E-state index contributed by atoms with van der Waals surface area (Å²) in [4.78, 5) is 27.0. The second kappa shape index (κ2) is 8.66. The summed E-state index contributed by atoms with van der Waals surface area (Å²) in [5.74, 6) is 0. The van der Waals surface area contributed by atoms with Crippen LogP contribution >= 0.6 is 0 Å². The van der Waals surface area contributed by atoms with Gasteiger partial charge in [0.2, 0.25) is 0 Å². The van der Waals surface area contributed by atoms with E-state index in [1.165, 1.54) is 19.6 Å². The molecule has 1 unspecified atom stereocenters. The fourth-order valence-corrected chi connectivity index (χ4v) is 2.19. The van der Waals surface area contributed by atoms with E-state index in [1.807, 2.05) is 13.0 Å². The molecular weight excluding hydrogens is 310 g/mol. The van der Waals surface area contributed by atoms with Gasteiger partial charge in [-0.15, -0.1) is 0 Å². The van der Waals surface area contributed by atoms with Crippen LogP contribution in [0.1, 0.15) is 25.5 Å². The first kappa shape index (κ1) is 17.5. The SMILES string of the molecule is CCC(CCOC(=O)OC)N=CC(=CN)c1ncnc2[nH]ccc12. The number of aromatic amines is 1. The largest absolute Gasteiger partial charge is 0.507 e. The minimum absolute atomic E-state index is 0.00755. The molecule has 0 bridgehead atoms. The molecule has 0 aliphatic heterocycles. The van der Waals surface area contributed by atoms with Crippen LogP contribution in [0, 0.1) is 0 Å². The highest BCUT2D eigenvalue weighted by atomic mass is 16.7. The molecule has 24 heavy (non-hydrogen) atoms. The van der Waals surface area contributed by atoms with Crippen LogP contribution in [-0.2, 0) is 9.47 Å². The van der Waals surface area contributed by atoms with Crippen molar-refractivity contribution in [2.24, 2.45) is 10.7 Å². The number of nitrogens with one attached hydrogen (secondary N) is 1. The number of carbonyl (C=O) groups is 1. The Morgan fingerprint density at radius 2 is 2.33 bits per heavy atom. The molecule has 0 saturated heterocycles. The summed E-state index contributed by atoms with van der Waals surface area (Å²) in [5, 5.41) is 0.878. The molecule has 2 aromatic heterocycles. The van der Waals surface area contributed by atoms with Crippen LogP contribution in [0.25, 0.3) is 16.6 Å². The van der Waals surface area contributed by atoms with Gasteiger partial charge in [0, 0.05) is 36.0 Å². The number of hydrogen-bond acceptors (Lipinski definition) is 7. The fraction of sp³-hybridized carbons (Fsp3) is 0.375. The van der Waals surface area contributed by atoms with Crippen LogP contribution in [0.4, 0.5) is 4.79 Å². The monoisotopic (exact) mass is 331 g/mol. The summed E-state index contributed by atoms with van der Waals surface area (Å²) in [6, 6.07) is 1.90. The molecule has 0 aliphatic rings. The molecule has 128 valence electrons. The normalized spacial score (nSPS) is 13.3. The van der Waals surface area contributed by atoms with Crippen molar-refractivity contribution in [3.63, 3.8) is 0 Å². The highest BCUT2D eigenvalue weighted by molar-refractivity contribution is 6.13. The lowest BCUT2D eigenvalue weighted by Crippen LogP contribution is -2.12. The van der Waals surface area contributed by atoms with E-state index < -0.39 is 6.16 Å². The molecule has 0 fully saturated rings. The van der Waals surface area contributed by atoms with E-state index in [2.05, 4.69) is 24.7 Å². The molecule has 0 spiro atoms. The van der Waals surface area contributed by atoms with Gasteiger partial charge in [0.1, 0.15) is 12.0 Å². The summed E-state index contributed by atoms with van der Waals surface area (Å²) < 4.78 is 9.32. The predicted octanol–water partition coefficient (Wildman–Crippen LogP) is 2.28. The van der Waals surface area contributed by atoms with Gasteiger partial charge in [-0.1, -0.05) is 6.92 Å². The van der Waals surface area contributed by atoms with Gasteiger partial charge in [-0.25, -0.2) is 14.8 Å². The standard InChI is InChI=1S/C16H21N5O3/c1-3-12(5-7-24-16(22)23-2)19-9-11(8-17)14-13-4-6-18-15(13)21-10-20-14/h4,6,8-10,12H,3,5,7,17H2,1-2H3,(H,18,20,21). The Morgan fingerprint density at radius 3 is 3.04 bits per heavy atom. The maximum absolute atomic E-state index is 11.0. The average molecular weight is 331 g/mol. The Hall–Kier alpha value is -2.90. The number of allylic oxidation sites excluding steroid dienone is 1. The first-order valence-corrected chi connectivity index (χ1v) is 7.63. The van der Waals surface area contributed by atoms with Crippen molar-refractivity contribution >= 4 is 29.0 Å². The molecule has 0 radical (unpaired) electrons. The lowest BCUT2D eigenvalue weighted by Gasteiger charge is -2.10. The van der Waals surface area contributed by atoms with Crippen LogP contribution in [0.5, 0.6) is 0 Å². The first-order valence-electron chi connectivity index (χ1n) is 7.63. The average Bonchev–Trinajstić information content (AvgIpc) is 3.09. The molecule has 3 N–H and O–H groups in total. The smallest absolute Gasteiger partial charge is 0.438 e. The van der Waals surface area contributed by atoms with Crippen molar-refractivity contribution in [1.82, 2.24) is 15.0 Å². The van der Waals surface area contributed by atoms with Crippen molar-refractivity contribution in [3.05, 3.63) is 30.5 Å². The molecule has 0 aromatic carbocycles. The van der Waals surface area contributed by atoms with Crippen molar-refractivity contribution in [1.29, 1.82) is 0 Å². The minimum Gasteiger partial charge on any atom is -0.438 e. The summed E-state index contributed by atoms with van der Waals surface area (Å²) in [5.41, 5.74) is 7.90. The lowest BCUT2D eigenvalue weighted by atomic mass is 10.1. The molecule has 8 heteroatoms. The topological polar surface area (TPSA) is 115 Å². The number of H-pyrrole nitrogens is 1. The number of methoxy groups -OCH3 is 1. The lowest BCUT2D eigenvalue weighted by molar-refractivity contribution is 0.0704. The van der Waals surface area contributed by atoms with E-state index >= 15 is 0 Å². The molecule has 0 aliphatic carbocycles. The zero-order valence-electron chi connectivity index (χ0n) is 13.7. The molecule has 1 atom stereocenters. The molecule has 0 amide bonds. The van der Waals surface area contributed by atoms with Gasteiger partial charge in [-0.2, -0.15) is 0 Å². The van der Waals surface area contributed by atoms with Crippen LogP contribution in [-0.4, -0.2) is 47.1 Å². The van der Waals surface area contributed by atoms with Crippen LogP contribution in [0.15, 0.2) is 29.8 Å². The van der Waals surface area contributed by atoms with Crippen LogP contribution in [0.2, 0.25) is 0 Å². The Balaban J connectivity index is 2.07. The summed E-state index contributed by atoms with van der Waals surface area (Å²) >= 11 is 0. The molecule has 2 aromatic rings. The zero-order valence-corrected chi connectivity index (χ0v) is 13.7. The van der Waals surface area contributed by atoms with Crippen molar-refractivity contribution in [2.75, 3.05) is 13.7 Å². The van der Waals surface area contributed by atoms with E-state index in [9.17, 15) is 4.79 Å². The Bertz CT molecular complexity index is 738. The van der Waals surface area contributed by atoms with E-state index in [0.717, 1.165) is 17.5 Å². The fourth-order valence-electron chi connectivity index (χ4n) is 2.19. The summed E-state index contributed by atoms with van der Waals surface area (Å²) in [6.45, 7) is 2.26. The Labute approximate surface area is 139 Å². The second-order valence-electron chi connectivity index (χ2n) is 5.02. The van der Waals surface area contributed by atoms with Gasteiger partial charge in [-0.05, 0) is 12.5 Å². The van der Waals surface area contributed by atoms with Crippen LogP contribution < -0.4 is 5.73 Å². The van der Waals surface area contributed by atoms with Crippen LogP contribution in [0.3, 0.4) is 0 Å². The number of hydrogen-bond donors (Lipinski definition) is 2. The highest BCUT2D eigenvalue weighted by Crippen LogP contribution is 2.19. The number of fused-ring (bicyclic) bond motifs is 1. The number of nitrogens with two attached hydrogens (primary N) is 1. The van der Waals surface area contributed by atoms with Gasteiger partial charge >= 0.3 is 6.16 Å². The first-order chi connectivity index (χ1) is 11.7. The van der Waals surface area contributed by atoms with Gasteiger partial charge in [0.15, 0.2) is 0 Å². The van der Waals surface area contributed by atoms with Gasteiger partial charge in [0.05, 0.1) is 25.5 Å². The molecule has 2 heterocycles. The second-order valence-corrected chi connectivity index (χ2v) is 5.02.